The van der Waals surface area contributed by atoms with Crippen LogP contribution >= 0.6 is 22.6 Å². The van der Waals surface area contributed by atoms with Crippen molar-refractivity contribution in [3.05, 3.63) is 73.3 Å². The minimum absolute atomic E-state index is 0.0283. The van der Waals surface area contributed by atoms with Crippen LogP contribution in [0.2, 0.25) is 0 Å². The zero-order chi connectivity index (χ0) is 18.2. The number of halogens is 1. The van der Waals surface area contributed by atoms with Crippen molar-refractivity contribution in [2.75, 3.05) is 6.54 Å². The van der Waals surface area contributed by atoms with Crippen molar-refractivity contribution in [3.8, 4) is 0 Å². The van der Waals surface area contributed by atoms with Crippen LogP contribution in [0.15, 0.2) is 53.6 Å². The van der Waals surface area contributed by atoms with Gasteiger partial charge in [-0.3, -0.25) is 19.7 Å². The summed E-state index contributed by atoms with van der Waals surface area (Å²) in [6.45, 7) is -0.221. The van der Waals surface area contributed by atoms with Gasteiger partial charge in [0.1, 0.15) is 0 Å². The molecule has 2 N–H and O–H groups in total. The van der Waals surface area contributed by atoms with Crippen molar-refractivity contribution in [2.24, 2.45) is 5.10 Å². The van der Waals surface area contributed by atoms with E-state index in [2.05, 4.69) is 15.8 Å². The number of hydrogen-bond acceptors (Lipinski definition) is 5. The van der Waals surface area contributed by atoms with Crippen molar-refractivity contribution in [1.82, 2.24) is 10.7 Å². The van der Waals surface area contributed by atoms with Crippen LogP contribution in [0.4, 0.5) is 5.69 Å². The average molecular weight is 452 g/mol. The topological polar surface area (TPSA) is 114 Å². The molecule has 128 valence electrons. The van der Waals surface area contributed by atoms with E-state index in [0.717, 1.165) is 3.57 Å². The van der Waals surface area contributed by atoms with E-state index in [0.29, 0.717) is 11.1 Å². The molecule has 0 aromatic heterocycles. The Bertz CT molecular complexity index is 821. The summed E-state index contributed by atoms with van der Waals surface area (Å²) >= 11 is 2.04. The minimum atomic E-state index is -0.501. The first-order valence-corrected chi connectivity index (χ1v) is 8.14. The molecule has 0 atom stereocenters. The third-order valence-electron chi connectivity index (χ3n) is 3.03. The Morgan fingerprint density at radius 1 is 1.16 bits per heavy atom. The van der Waals surface area contributed by atoms with Gasteiger partial charge >= 0.3 is 0 Å². The Morgan fingerprint density at radius 3 is 2.48 bits per heavy atom. The zero-order valence-electron chi connectivity index (χ0n) is 12.8. The molecule has 0 fully saturated rings. The highest BCUT2D eigenvalue weighted by atomic mass is 127. The first-order valence-electron chi connectivity index (χ1n) is 7.06. The fraction of sp³-hybridized carbons (Fsp3) is 0.0625. The molecule has 0 saturated carbocycles. The normalized spacial score (nSPS) is 10.4. The van der Waals surface area contributed by atoms with Crippen LogP contribution in [0.1, 0.15) is 15.9 Å². The number of amides is 2. The van der Waals surface area contributed by atoms with E-state index >= 15 is 0 Å². The van der Waals surface area contributed by atoms with Crippen molar-refractivity contribution < 1.29 is 14.5 Å². The number of carbonyl (C=O) groups excluding carboxylic acids is 2. The maximum Gasteiger partial charge on any atom is 0.269 e. The molecule has 8 nitrogen and oxygen atoms in total. The molecule has 2 rings (SSSR count). The molecule has 0 unspecified atom stereocenters. The lowest BCUT2D eigenvalue weighted by atomic mass is 10.2. The lowest BCUT2D eigenvalue weighted by Gasteiger charge is -2.05. The molecule has 0 spiro atoms. The maximum atomic E-state index is 12.0. The van der Waals surface area contributed by atoms with Crippen LogP contribution < -0.4 is 10.7 Å². The van der Waals surface area contributed by atoms with Gasteiger partial charge in [-0.2, -0.15) is 5.10 Å². The summed E-state index contributed by atoms with van der Waals surface area (Å²) in [5.41, 5.74) is 3.32. The van der Waals surface area contributed by atoms with E-state index in [1.54, 1.807) is 18.2 Å². The highest BCUT2D eigenvalue weighted by Gasteiger charge is 2.10. The number of rotatable bonds is 6. The number of nitro benzene ring substituents is 1. The molecule has 0 bridgehead atoms. The molecule has 2 aromatic rings. The van der Waals surface area contributed by atoms with Crippen molar-refractivity contribution in [2.45, 2.75) is 0 Å². The summed E-state index contributed by atoms with van der Waals surface area (Å²) < 4.78 is 0.786. The van der Waals surface area contributed by atoms with E-state index in [1.165, 1.54) is 30.5 Å². The predicted molar refractivity (Wildman–Crippen MR) is 100 cm³/mol. The summed E-state index contributed by atoms with van der Waals surface area (Å²) in [4.78, 5) is 33.7. The maximum absolute atomic E-state index is 12.0. The molecule has 2 aromatic carbocycles. The number of hydrogen-bond donors (Lipinski definition) is 2. The SMILES string of the molecule is O=C(CNC(=O)c1ccccc1I)NN=Cc1ccc([N+](=O)[O-])cc1. The summed E-state index contributed by atoms with van der Waals surface area (Å²) in [6.07, 6.45) is 1.35. The first kappa shape index (κ1) is 18.5. The Balaban J connectivity index is 1.81. The summed E-state index contributed by atoms with van der Waals surface area (Å²) in [7, 11) is 0. The molecule has 25 heavy (non-hydrogen) atoms. The van der Waals surface area contributed by atoms with Gasteiger partial charge < -0.3 is 5.32 Å². The largest absolute Gasteiger partial charge is 0.343 e. The van der Waals surface area contributed by atoms with Gasteiger partial charge in [0.25, 0.3) is 17.5 Å². The molecule has 9 heteroatoms. The van der Waals surface area contributed by atoms with Crippen LogP contribution in [0.5, 0.6) is 0 Å². The smallest absolute Gasteiger partial charge is 0.269 e. The number of hydrazone groups is 1. The molecule has 0 aliphatic carbocycles. The van der Waals surface area contributed by atoms with Gasteiger partial charge in [-0.25, -0.2) is 5.43 Å². The second kappa shape index (κ2) is 8.87. The molecule has 0 aliphatic heterocycles. The predicted octanol–water partition coefficient (Wildman–Crippen LogP) is 2.08. The number of non-ortho nitro benzene ring substituents is 1. The number of benzene rings is 2. The fourth-order valence-electron chi connectivity index (χ4n) is 1.80. The van der Waals surface area contributed by atoms with E-state index < -0.39 is 10.8 Å². The monoisotopic (exact) mass is 452 g/mol. The number of carbonyl (C=O) groups is 2. The van der Waals surface area contributed by atoms with Gasteiger partial charge in [0.15, 0.2) is 0 Å². The van der Waals surface area contributed by atoms with Crippen molar-refractivity contribution in [1.29, 1.82) is 0 Å². The van der Waals surface area contributed by atoms with E-state index in [1.807, 2.05) is 28.7 Å². The second-order valence-electron chi connectivity index (χ2n) is 4.80. The Morgan fingerprint density at radius 2 is 1.84 bits per heavy atom. The first-order chi connectivity index (χ1) is 12.0. The molecular formula is C16H13IN4O4. The number of nitro groups is 1. The molecule has 0 heterocycles. The third-order valence-corrected chi connectivity index (χ3v) is 3.98. The second-order valence-corrected chi connectivity index (χ2v) is 5.97. The summed E-state index contributed by atoms with van der Waals surface area (Å²) in [6, 6.07) is 12.7. The van der Waals surface area contributed by atoms with Gasteiger partial charge in [0.2, 0.25) is 0 Å². The van der Waals surface area contributed by atoms with E-state index in [4.69, 9.17) is 0 Å². The van der Waals surface area contributed by atoms with Crippen molar-refractivity contribution >= 4 is 46.3 Å². The molecular weight excluding hydrogens is 439 g/mol. The zero-order valence-corrected chi connectivity index (χ0v) is 15.0. The van der Waals surface area contributed by atoms with Gasteiger partial charge in [0.05, 0.1) is 23.2 Å². The quantitative estimate of drug-likeness (QED) is 0.302. The summed E-state index contributed by atoms with van der Waals surface area (Å²) in [5, 5.41) is 16.8. The Kier molecular flexibility index (Phi) is 6.57. The van der Waals surface area contributed by atoms with Crippen LogP contribution in [0, 0.1) is 13.7 Å². The highest BCUT2D eigenvalue weighted by molar-refractivity contribution is 14.1. The molecule has 2 amide bonds. The van der Waals surface area contributed by atoms with Crippen molar-refractivity contribution in [3.63, 3.8) is 0 Å². The van der Waals surface area contributed by atoms with Crippen LogP contribution in [-0.4, -0.2) is 29.5 Å². The molecule has 0 saturated heterocycles. The fourth-order valence-corrected chi connectivity index (χ4v) is 2.43. The third kappa shape index (κ3) is 5.64. The van der Waals surface area contributed by atoms with Gasteiger partial charge in [-0.1, -0.05) is 12.1 Å². The highest BCUT2D eigenvalue weighted by Crippen LogP contribution is 2.11. The number of nitrogens with one attached hydrogen (secondary N) is 2. The minimum Gasteiger partial charge on any atom is -0.343 e. The van der Waals surface area contributed by atoms with Gasteiger partial charge in [-0.15, -0.1) is 0 Å². The Labute approximate surface area is 156 Å². The van der Waals surface area contributed by atoms with Crippen LogP contribution in [-0.2, 0) is 4.79 Å². The lowest BCUT2D eigenvalue weighted by Crippen LogP contribution is -2.35. The van der Waals surface area contributed by atoms with Gasteiger partial charge in [-0.05, 0) is 52.4 Å². The van der Waals surface area contributed by atoms with Gasteiger partial charge in [0, 0.05) is 15.7 Å². The Hall–Kier alpha value is -2.82. The molecule has 0 aliphatic rings. The standard InChI is InChI=1S/C16H13IN4O4/c17-14-4-2-1-3-13(14)16(23)18-10-15(22)20-19-9-11-5-7-12(8-6-11)21(24)25/h1-9H,10H2,(H,18,23)(H,20,22). The average Bonchev–Trinajstić information content (AvgIpc) is 2.60. The molecule has 0 radical (unpaired) electrons. The van der Waals surface area contributed by atoms with E-state index in [9.17, 15) is 19.7 Å². The van der Waals surface area contributed by atoms with Crippen LogP contribution in [0.25, 0.3) is 0 Å². The lowest BCUT2D eigenvalue weighted by molar-refractivity contribution is -0.384. The number of nitrogens with zero attached hydrogens (tertiary/aromatic N) is 2. The summed E-state index contributed by atoms with van der Waals surface area (Å²) in [5.74, 6) is -0.836. The van der Waals surface area contributed by atoms with E-state index in [-0.39, 0.29) is 18.1 Å². The van der Waals surface area contributed by atoms with Crippen LogP contribution in [0.3, 0.4) is 0 Å².